The first-order valence-electron chi connectivity index (χ1n) is 7.56. The van der Waals surface area contributed by atoms with E-state index in [1.165, 1.54) is 19.3 Å². The highest BCUT2D eigenvalue weighted by Crippen LogP contribution is 2.26. The van der Waals surface area contributed by atoms with Crippen LogP contribution >= 0.6 is 0 Å². The number of anilines is 1. The van der Waals surface area contributed by atoms with E-state index in [2.05, 4.69) is 15.0 Å². The summed E-state index contributed by atoms with van der Waals surface area (Å²) in [5.41, 5.74) is 1.72. The first kappa shape index (κ1) is 13.1. The van der Waals surface area contributed by atoms with Crippen molar-refractivity contribution in [2.75, 3.05) is 18.0 Å². The van der Waals surface area contributed by atoms with Crippen molar-refractivity contribution in [1.82, 2.24) is 19.6 Å². The number of fused-ring (bicyclic) bond motifs is 1. The minimum atomic E-state index is 0.214. The number of hydrogen-bond donors (Lipinski definition) is 1. The third-order valence-electron chi connectivity index (χ3n) is 4.02. The number of aromatic nitrogens is 4. The number of benzene rings is 1. The third kappa shape index (κ3) is 2.26. The molecule has 0 unspecified atom stereocenters. The molecule has 1 aliphatic heterocycles. The van der Waals surface area contributed by atoms with Gasteiger partial charge in [0.15, 0.2) is 11.6 Å². The van der Waals surface area contributed by atoms with Crippen LogP contribution in [0.25, 0.3) is 16.9 Å². The minimum absolute atomic E-state index is 0.214. The molecule has 22 heavy (non-hydrogen) atoms. The fourth-order valence-corrected chi connectivity index (χ4v) is 2.92. The molecule has 1 aliphatic rings. The van der Waals surface area contributed by atoms with Crippen molar-refractivity contribution in [1.29, 1.82) is 0 Å². The number of phenols is 1. The molecule has 1 aromatic carbocycles. The highest BCUT2D eigenvalue weighted by Gasteiger charge is 2.18. The van der Waals surface area contributed by atoms with Crippen molar-refractivity contribution in [3.8, 4) is 17.1 Å². The van der Waals surface area contributed by atoms with E-state index in [1.807, 2.05) is 6.07 Å². The van der Waals surface area contributed by atoms with Gasteiger partial charge in [0.05, 0.1) is 6.20 Å². The number of imidazole rings is 1. The number of piperidine rings is 1. The lowest BCUT2D eigenvalue weighted by Gasteiger charge is -2.28. The quantitative estimate of drug-likeness (QED) is 0.786. The molecule has 4 rings (SSSR count). The second kappa shape index (κ2) is 5.29. The molecule has 2 aromatic heterocycles. The lowest BCUT2D eigenvalue weighted by molar-refractivity contribution is 0.475. The van der Waals surface area contributed by atoms with Gasteiger partial charge in [-0.05, 0) is 31.4 Å². The molecule has 0 saturated carbocycles. The molecular weight excluding hydrogens is 278 g/mol. The fourth-order valence-electron chi connectivity index (χ4n) is 2.92. The average Bonchev–Trinajstić information content (AvgIpc) is 3.03. The second-order valence-corrected chi connectivity index (χ2v) is 5.58. The van der Waals surface area contributed by atoms with Crippen molar-refractivity contribution < 1.29 is 5.11 Å². The van der Waals surface area contributed by atoms with E-state index in [0.717, 1.165) is 30.0 Å². The van der Waals surface area contributed by atoms with Gasteiger partial charge in [-0.1, -0.05) is 12.1 Å². The molecule has 3 heterocycles. The lowest BCUT2D eigenvalue weighted by atomic mass is 10.1. The summed E-state index contributed by atoms with van der Waals surface area (Å²) in [7, 11) is 0. The van der Waals surface area contributed by atoms with Crippen molar-refractivity contribution in [3.05, 3.63) is 36.8 Å². The highest BCUT2D eigenvalue weighted by atomic mass is 16.3. The van der Waals surface area contributed by atoms with Crippen molar-refractivity contribution in [2.45, 2.75) is 19.3 Å². The van der Waals surface area contributed by atoms with E-state index in [1.54, 1.807) is 35.2 Å². The summed E-state index contributed by atoms with van der Waals surface area (Å²) >= 11 is 0. The molecule has 112 valence electrons. The molecule has 0 atom stereocenters. The normalized spacial score (nSPS) is 15.4. The first-order valence-corrected chi connectivity index (χ1v) is 7.56. The second-order valence-electron chi connectivity index (χ2n) is 5.58. The Hall–Kier alpha value is -2.63. The summed E-state index contributed by atoms with van der Waals surface area (Å²) in [6.45, 7) is 2.02. The van der Waals surface area contributed by atoms with Gasteiger partial charge in [0, 0.05) is 18.7 Å². The Morgan fingerprint density at radius 3 is 2.77 bits per heavy atom. The maximum atomic E-state index is 9.68. The molecule has 3 aromatic rings. The van der Waals surface area contributed by atoms with Crippen molar-refractivity contribution in [2.24, 2.45) is 0 Å². The smallest absolute Gasteiger partial charge is 0.182 e. The Bertz CT molecular complexity index is 807. The molecule has 1 fully saturated rings. The standard InChI is InChI=1S/C16H17N5O/c22-13-6-4-5-12(9-13)15-18-16(20-7-2-1-3-8-20)14-10-17-11-21(14)19-15/h4-6,9-11,22H,1-3,7-8H2. The predicted octanol–water partition coefficient (Wildman–Crippen LogP) is 2.49. The Balaban J connectivity index is 1.86. The number of phenolic OH excluding ortho intramolecular Hbond substituents is 1. The monoisotopic (exact) mass is 295 g/mol. The molecule has 6 nitrogen and oxygen atoms in total. The molecule has 0 aliphatic carbocycles. The maximum Gasteiger partial charge on any atom is 0.182 e. The largest absolute Gasteiger partial charge is 0.508 e. The van der Waals surface area contributed by atoms with Crippen LogP contribution < -0.4 is 4.90 Å². The van der Waals surface area contributed by atoms with Crippen molar-refractivity contribution >= 4 is 11.3 Å². The number of rotatable bonds is 2. The predicted molar refractivity (Wildman–Crippen MR) is 83.9 cm³/mol. The zero-order valence-corrected chi connectivity index (χ0v) is 12.2. The Kier molecular flexibility index (Phi) is 3.14. The van der Waals surface area contributed by atoms with Gasteiger partial charge in [0.25, 0.3) is 0 Å². The molecule has 6 heteroatoms. The van der Waals surface area contributed by atoms with Gasteiger partial charge in [-0.25, -0.2) is 14.5 Å². The molecule has 1 saturated heterocycles. The van der Waals surface area contributed by atoms with Gasteiger partial charge in [-0.3, -0.25) is 0 Å². The topological polar surface area (TPSA) is 66.6 Å². The van der Waals surface area contributed by atoms with Crippen LogP contribution in [0.4, 0.5) is 5.82 Å². The van der Waals surface area contributed by atoms with E-state index in [-0.39, 0.29) is 5.75 Å². The van der Waals surface area contributed by atoms with Gasteiger partial charge in [-0.2, -0.15) is 0 Å². The van der Waals surface area contributed by atoms with E-state index < -0.39 is 0 Å². The van der Waals surface area contributed by atoms with Crippen LogP contribution in [-0.2, 0) is 0 Å². The third-order valence-corrected chi connectivity index (χ3v) is 4.02. The average molecular weight is 295 g/mol. The number of hydrogen-bond acceptors (Lipinski definition) is 5. The molecule has 1 N–H and O–H groups in total. The Morgan fingerprint density at radius 1 is 1.09 bits per heavy atom. The summed E-state index contributed by atoms with van der Waals surface area (Å²) < 4.78 is 1.76. The van der Waals surface area contributed by atoms with E-state index in [4.69, 9.17) is 4.98 Å². The van der Waals surface area contributed by atoms with Crippen LogP contribution in [-0.4, -0.2) is 37.8 Å². The van der Waals surface area contributed by atoms with E-state index in [0.29, 0.717) is 5.82 Å². The molecular formula is C16H17N5O. The Morgan fingerprint density at radius 2 is 1.95 bits per heavy atom. The summed E-state index contributed by atoms with van der Waals surface area (Å²) in [4.78, 5) is 11.2. The van der Waals surface area contributed by atoms with Crippen LogP contribution in [0.5, 0.6) is 5.75 Å². The van der Waals surface area contributed by atoms with Crippen LogP contribution in [0.1, 0.15) is 19.3 Å². The zero-order valence-electron chi connectivity index (χ0n) is 12.2. The number of nitrogens with zero attached hydrogens (tertiary/aromatic N) is 5. The number of aromatic hydroxyl groups is 1. The van der Waals surface area contributed by atoms with E-state index >= 15 is 0 Å². The first-order chi connectivity index (χ1) is 10.8. The van der Waals surface area contributed by atoms with Gasteiger partial charge in [-0.15, -0.1) is 5.10 Å². The van der Waals surface area contributed by atoms with Crippen LogP contribution in [0.3, 0.4) is 0 Å². The van der Waals surface area contributed by atoms with Gasteiger partial charge < -0.3 is 10.0 Å². The van der Waals surface area contributed by atoms with Gasteiger partial charge in [0.1, 0.15) is 17.6 Å². The lowest BCUT2D eigenvalue weighted by Crippen LogP contribution is -2.30. The molecule has 0 bridgehead atoms. The summed E-state index contributed by atoms with van der Waals surface area (Å²) in [6.07, 6.45) is 7.14. The minimum Gasteiger partial charge on any atom is -0.508 e. The van der Waals surface area contributed by atoms with Crippen LogP contribution in [0.15, 0.2) is 36.8 Å². The molecule has 0 spiro atoms. The van der Waals surface area contributed by atoms with Crippen molar-refractivity contribution in [3.63, 3.8) is 0 Å². The molecule has 0 amide bonds. The zero-order chi connectivity index (χ0) is 14.9. The van der Waals surface area contributed by atoms with Crippen LogP contribution in [0, 0.1) is 0 Å². The van der Waals surface area contributed by atoms with Gasteiger partial charge in [0.2, 0.25) is 0 Å². The fraction of sp³-hybridized carbons (Fsp3) is 0.312. The maximum absolute atomic E-state index is 9.68. The Labute approximate surface area is 128 Å². The summed E-state index contributed by atoms with van der Waals surface area (Å²) in [6, 6.07) is 7.02. The SMILES string of the molecule is Oc1cccc(-c2nc(N3CCCCC3)c3cncn3n2)c1. The summed E-state index contributed by atoms with van der Waals surface area (Å²) in [5.74, 6) is 1.74. The highest BCUT2D eigenvalue weighted by molar-refractivity contribution is 5.71. The van der Waals surface area contributed by atoms with Crippen LogP contribution in [0.2, 0.25) is 0 Å². The summed E-state index contributed by atoms with van der Waals surface area (Å²) in [5, 5.41) is 14.2. The van der Waals surface area contributed by atoms with E-state index in [9.17, 15) is 5.11 Å². The molecule has 0 radical (unpaired) electrons. The van der Waals surface area contributed by atoms with Gasteiger partial charge >= 0.3 is 0 Å².